The van der Waals surface area contributed by atoms with E-state index in [1.807, 2.05) is 0 Å². The van der Waals surface area contributed by atoms with Crippen LogP contribution in [0.15, 0.2) is 133 Å². The fourth-order valence-corrected chi connectivity index (χ4v) is 11.2. The number of ether oxygens (including phenoxy) is 1. The maximum atomic E-state index is 7.35. The maximum absolute atomic E-state index is 7.35. The van der Waals surface area contributed by atoms with Crippen LogP contribution in [-0.4, -0.2) is 0 Å². The van der Waals surface area contributed by atoms with Gasteiger partial charge in [-0.15, -0.1) is 0 Å². The Labute approximate surface area is 276 Å². The zero-order chi connectivity index (χ0) is 32.0. The molecule has 0 aromatic heterocycles. The van der Waals surface area contributed by atoms with Crippen molar-refractivity contribution in [3.63, 3.8) is 0 Å². The average Bonchev–Trinajstić information content (AvgIpc) is 3.05. The minimum Gasteiger partial charge on any atom is -0.455 e. The van der Waals surface area contributed by atoms with Crippen LogP contribution in [0.5, 0.6) is 11.5 Å². The van der Waals surface area contributed by atoms with Crippen molar-refractivity contribution in [2.45, 2.75) is 47.0 Å². The SMILES string of the molecule is Cc1ccc(P(c2ccc(C)cc2)c2cccc3c2Oc2c(P(c4ccc(C)cc4)c4ccc(C)cc4)cccc2C3(C)C)cc1. The van der Waals surface area contributed by atoms with Gasteiger partial charge < -0.3 is 4.74 Å². The van der Waals surface area contributed by atoms with Crippen molar-refractivity contribution >= 4 is 47.7 Å². The molecule has 6 aromatic rings. The van der Waals surface area contributed by atoms with Crippen molar-refractivity contribution in [2.24, 2.45) is 0 Å². The van der Waals surface area contributed by atoms with Crippen LogP contribution in [0.1, 0.15) is 47.2 Å². The van der Waals surface area contributed by atoms with E-state index >= 15 is 0 Å². The van der Waals surface area contributed by atoms with Gasteiger partial charge in [0.15, 0.2) is 0 Å². The molecule has 1 aliphatic rings. The second-order valence-corrected chi connectivity index (χ2v) is 17.4. The third-order valence-corrected chi connectivity index (χ3v) is 14.1. The van der Waals surface area contributed by atoms with Crippen molar-refractivity contribution in [1.82, 2.24) is 0 Å². The van der Waals surface area contributed by atoms with Crippen LogP contribution < -0.4 is 36.6 Å². The molecule has 0 radical (unpaired) electrons. The maximum Gasteiger partial charge on any atom is 0.139 e. The molecule has 0 amide bonds. The first kappa shape index (κ1) is 30.6. The first-order valence-electron chi connectivity index (χ1n) is 16.0. The van der Waals surface area contributed by atoms with E-state index in [1.165, 1.54) is 65.2 Å². The quantitative estimate of drug-likeness (QED) is 0.166. The Morgan fingerprint density at radius 2 is 0.674 bits per heavy atom. The molecule has 228 valence electrons. The summed E-state index contributed by atoms with van der Waals surface area (Å²) in [4.78, 5) is 0. The summed E-state index contributed by atoms with van der Waals surface area (Å²) < 4.78 is 7.35. The standard InChI is InChI=1S/C43H40OP2/c1-29-13-21-33(22-14-29)45(34-23-15-30(2)16-24-34)39-11-7-9-37-41(39)44-42-38(43(37,5)6)10-8-12-40(42)46(35-25-17-31(3)18-26-35)36-27-19-32(4)20-28-36/h7-28H,1-6H3. The minimum absolute atomic E-state index is 0.238. The van der Waals surface area contributed by atoms with E-state index in [0.717, 1.165) is 11.5 Å². The van der Waals surface area contributed by atoms with Gasteiger partial charge in [0.1, 0.15) is 11.5 Å². The van der Waals surface area contributed by atoms with E-state index in [0.29, 0.717) is 0 Å². The van der Waals surface area contributed by atoms with E-state index in [9.17, 15) is 0 Å². The van der Waals surface area contributed by atoms with E-state index in [2.05, 4.69) is 175 Å². The van der Waals surface area contributed by atoms with Gasteiger partial charge in [-0.25, -0.2) is 0 Å². The number of hydrogen-bond acceptors (Lipinski definition) is 1. The number of para-hydroxylation sites is 2. The molecule has 0 fully saturated rings. The highest BCUT2D eigenvalue weighted by molar-refractivity contribution is 7.80. The van der Waals surface area contributed by atoms with Crippen LogP contribution in [0.4, 0.5) is 0 Å². The van der Waals surface area contributed by atoms with Crippen LogP contribution in [0, 0.1) is 27.7 Å². The average molecular weight is 635 g/mol. The highest BCUT2D eigenvalue weighted by Crippen LogP contribution is 2.52. The molecule has 0 N–H and O–H groups in total. The van der Waals surface area contributed by atoms with Gasteiger partial charge in [-0.2, -0.15) is 0 Å². The van der Waals surface area contributed by atoms with Gasteiger partial charge in [0.2, 0.25) is 0 Å². The number of hydrogen-bond donors (Lipinski definition) is 0. The van der Waals surface area contributed by atoms with Crippen LogP contribution in [0.3, 0.4) is 0 Å². The Morgan fingerprint density at radius 3 is 0.957 bits per heavy atom. The molecule has 0 saturated carbocycles. The summed E-state index contributed by atoms with van der Waals surface area (Å²) in [6.07, 6.45) is 0. The molecule has 0 aliphatic carbocycles. The second kappa shape index (κ2) is 12.3. The van der Waals surface area contributed by atoms with Crippen molar-refractivity contribution in [1.29, 1.82) is 0 Å². The lowest BCUT2D eigenvalue weighted by atomic mass is 9.76. The van der Waals surface area contributed by atoms with Crippen molar-refractivity contribution in [2.75, 3.05) is 0 Å². The Hall–Kier alpha value is -4.02. The molecule has 46 heavy (non-hydrogen) atoms. The fraction of sp³-hybridized carbons (Fsp3) is 0.163. The van der Waals surface area contributed by atoms with Gasteiger partial charge in [-0.1, -0.05) is 170 Å². The number of benzene rings is 6. The summed E-state index contributed by atoms with van der Waals surface area (Å²) in [6.45, 7) is 13.4. The normalized spacial score (nSPS) is 13.3. The topological polar surface area (TPSA) is 9.23 Å². The first-order valence-corrected chi connectivity index (χ1v) is 18.7. The third kappa shape index (κ3) is 5.62. The summed E-state index contributed by atoms with van der Waals surface area (Å²) in [5, 5.41) is 7.87. The largest absolute Gasteiger partial charge is 0.455 e. The zero-order valence-electron chi connectivity index (χ0n) is 27.5. The molecule has 0 bridgehead atoms. The summed E-state index contributed by atoms with van der Waals surface area (Å²) in [5.41, 5.74) is 7.34. The molecular formula is C43H40OP2. The van der Waals surface area contributed by atoms with Crippen LogP contribution in [-0.2, 0) is 5.41 Å². The smallest absolute Gasteiger partial charge is 0.139 e. The monoisotopic (exact) mass is 634 g/mol. The van der Waals surface area contributed by atoms with Gasteiger partial charge in [-0.05, 0) is 64.8 Å². The third-order valence-electron chi connectivity index (χ3n) is 9.19. The summed E-state index contributed by atoms with van der Waals surface area (Å²) in [5.74, 6) is 2.03. The molecular weight excluding hydrogens is 594 g/mol. The minimum atomic E-state index is -0.856. The molecule has 1 aliphatic heterocycles. The van der Waals surface area contributed by atoms with Crippen molar-refractivity contribution < 1.29 is 4.74 Å². The summed E-state index contributed by atoms with van der Waals surface area (Å²) in [7, 11) is -1.71. The highest BCUT2D eigenvalue weighted by atomic mass is 31.1. The van der Waals surface area contributed by atoms with Crippen molar-refractivity contribution in [3.05, 3.63) is 167 Å². The van der Waals surface area contributed by atoms with Gasteiger partial charge in [0, 0.05) is 27.2 Å². The molecule has 6 aromatic carbocycles. The number of fused-ring (bicyclic) bond motifs is 2. The number of rotatable bonds is 6. The predicted molar refractivity (Wildman–Crippen MR) is 201 cm³/mol. The highest BCUT2D eigenvalue weighted by Gasteiger charge is 2.39. The first-order chi connectivity index (χ1) is 22.2. The van der Waals surface area contributed by atoms with Gasteiger partial charge in [0.25, 0.3) is 0 Å². The van der Waals surface area contributed by atoms with Gasteiger partial charge >= 0.3 is 0 Å². The zero-order valence-corrected chi connectivity index (χ0v) is 29.3. The molecule has 7 rings (SSSR count). The van der Waals surface area contributed by atoms with Gasteiger partial charge in [0.05, 0.1) is 0 Å². The predicted octanol–water partition coefficient (Wildman–Crippen LogP) is 8.87. The van der Waals surface area contributed by atoms with E-state index in [1.54, 1.807) is 0 Å². The van der Waals surface area contributed by atoms with E-state index < -0.39 is 15.8 Å². The molecule has 3 heteroatoms. The Kier molecular flexibility index (Phi) is 8.19. The molecule has 0 unspecified atom stereocenters. The Bertz CT molecular complexity index is 1770. The Balaban J connectivity index is 1.44. The van der Waals surface area contributed by atoms with Crippen molar-refractivity contribution in [3.8, 4) is 11.5 Å². The lowest BCUT2D eigenvalue weighted by Crippen LogP contribution is -2.32. The fourth-order valence-electron chi connectivity index (χ4n) is 6.48. The molecule has 1 nitrogen and oxygen atoms in total. The summed E-state index contributed by atoms with van der Waals surface area (Å²) >= 11 is 0. The Morgan fingerprint density at radius 1 is 0.391 bits per heavy atom. The lowest BCUT2D eigenvalue weighted by Gasteiger charge is -2.38. The molecule has 0 spiro atoms. The molecule has 0 atom stereocenters. The van der Waals surface area contributed by atoms with Gasteiger partial charge in [-0.3, -0.25) is 0 Å². The van der Waals surface area contributed by atoms with Crippen LogP contribution in [0.2, 0.25) is 0 Å². The second-order valence-electron chi connectivity index (χ2n) is 13.0. The summed E-state index contributed by atoms with van der Waals surface area (Å²) in [6, 6.07) is 50.0. The molecule has 1 heterocycles. The van der Waals surface area contributed by atoms with E-state index in [4.69, 9.17) is 4.74 Å². The molecule has 0 saturated heterocycles. The van der Waals surface area contributed by atoms with E-state index in [-0.39, 0.29) is 5.41 Å². The lowest BCUT2D eigenvalue weighted by molar-refractivity contribution is 0.425. The van der Waals surface area contributed by atoms with Crippen LogP contribution >= 0.6 is 15.8 Å². The van der Waals surface area contributed by atoms with Crippen LogP contribution in [0.25, 0.3) is 0 Å². The number of aryl methyl sites for hydroxylation is 4.